The minimum absolute atomic E-state index is 0.222. The Bertz CT molecular complexity index is 1390. The number of rotatable bonds is 9. The fourth-order valence-corrected chi connectivity index (χ4v) is 3.70. The van der Waals surface area contributed by atoms with E-state index in [1.54, 1.807) is 51.1 Å². The van der Waals surface area contributed by atoms with Crippen molar-refractivity contribution >= 4 is 17.4 Å². The number of ether oxygens (including phenoxy) is 2. The summed E-state index contributed by atoms with van der Waals surface area (Å²) in [6.07, 6.45) is 8.37. The van der Waals surface area contributed by atoms with Crippen molar-refractivity contribution in [2.75, 3.05) is 24.9 Å². The molecule has 0 bridgehead atoms. The molecule has 8 nitrogen and oxygen atoms in total. The molecule has 2 N–H and O–H groups in total. The highest BCUT2D eigenvalue weighted by molar-refractivity contribution is 6.04. The van der Waals surface area contributed by atoms with Gasteiger partial charge in [-0.15, -0.1) is 6.58 Å². The molecule has 8 heteroatoms. The summed E-state index contributed by atoms with van der Waals surface area (Å²) in [5, 5.41) is 6.28. The number of aryl methyl sites for hydroxylation is 1. The van der Waals surface area contributed by atoms with E-state index in [9.17, 15) is 4.79 Å². The molecule has 0 spiro atoms. The number of carbonyl (C=O) groups excluding carboxylic acids is 1. The molecule has 0 saturated carbocycles. The molecule has 0 radical (unpaired) electrons. The fraction of sp³-hybridized carbons (Fsp3) is 0.143. The van der Waals surface area contributed by atoms with Crippen molar-refractivity contribution in [2.24, 2.45) is 0 Å². The first kappa shape index (κ1) is 24.4. The van der Waals surface area contributed by atoms with Crippen LogP contribution in [-0.4, -0.2) is 35.1 Å². The van der Waals surface area contributed by atoms with Crippen molar-refractivity contribution < 1.29 is 14.3 Å². The summed E-state index contributed by atoms with van der Waals surface area (Å²) in [5.41, 5.74) is 4.51. The number of aromatic nitrogens is 3. The topological polar surface area (TPSA) is 98.3 Å². The molecule has 2 aromatic carbocycles. The first-order valence-corrected chi connectivity index (χ1v) is 11.3. The van der Waals surface area contributed by atoms with Crippen molar-refractivity contribution in [3.8, 4) is 22.8 Å². The first-order valence-electron chi connectivity index (χ1n) is 11.3. The smallest absolute Gasteiger partial charge is 0.257 e. The predicted octanol–water partition coefficient (Wildman–Crippen LogP) is 5.46. The molecule has 2 heterocycles. The second-order valence-corrected chi connectivity index (χ2v) is 8.05. The van der Waals surface area contributed by atoms with Gasteiger partial charge >= 0.3 is 0 Å². The van der Waals surface area contributed by atoms with E-state index in [1.807, 2.05) is 49.4 Å². The zero-order valence-electron chi connectivity index (χ0n) is 20.4. The summed E-state index contributed by atoms with van der Waals surface area (Å²) in [6.45, 7) is 5.86. The van der Waals surface area contributed by atoms with Crippen molar-refractivity contribution in [2.45, 2.75) is 13.0 Å². The third-order valence-corrected chi connectivity index (χ3v) is 5.49. The Morgan fingerprint density at radius 1 is 0.972 bits per heavy atom. The van der Waals surface area contributed by atoms with Gasteiger partial charge in [-0.1, -0.05) is 18.2 Å². The van der Waals surface area contributed by atoms with E-state index in [1.165, 1.54) is 0 Å². The lowest BCUT2D eigenvalue weighted by atomic mass is 10.1. The highest BCUT2D eigenvalue weighted by atomic mass is 16.5. The Morgan fingerprint density at radius 2 is 1.78 bits per heavy atom. The molecule has 1 amide bonds. The number of carbonyl (C=O) groups is 1. The summed E-state index contributed by atoms with van der Waals surface area (Å²) in [6, 6.07) is 14.7. The van der Waals surface area contributed by atoms with Crippen LogP contribution < -0.4 is 20.1 Å². The second-order valence-electron chi connectivity index (χ2n) is 8.05. The molecule has 36 heavy (non-hydrogen) atoms. The number of amides is 1. The third kappa shape index (κ3) is 5.67. The SMILES string of the molecule is C=C[C@H](Nc1cncc(-c2ccc(OC)c(OC)c2)n1)c1cccc(NC(=O)c2cncc(C)c2)c1. The summed E-state index contributed by atoms with van der Waals surface area (Å²) < 4.78 is 10.7. The van der Waals surface area contributed by atoms with E-state index in [-0.39, 0.29) is 11.9 Å². The van der Waals surface area contributed by atoms with E-state index in [0.717, 1.165) is 16.7 Å². The van der Waals surface area contributed by atoms with E-state index < -0.39 is 0 Å². The molecular formula is C28H27N5O3. The predicted molar refractivity (Wildman–Crippen MR) is 141 cm³/mol. The van der Waals surface area contributed by atoms with Gasteiger partial charge in [-0.3, -0.25) is 14.8 Å². The molecule has 0 aliphatic rings. The highest BCUT2D eigenvalue weighted by Crippen LogP contribution is 2.32. The van der Waals surface area contributed by atoms with E-state index in [2.05, 4.69) is 27.2 Å². The van der Waals surface area contributed by atoms with E-state index in [0.29, 0.717) is 34.3 Å². The highest BCUT2D eigenvalue weighted by Gasteiger charge is 2.13. The Labute approximate surface area is 210 Å². The summed E-state index contributed by atoms with van der Waals surface area (Å²) in [5.74, 6) is 1.60. The number of hydrogen-bond acceptors (Lipinski definition) is 7. The maximum absolute atomic E-state index is 12.6. The third-order valence-electron chi connectivity index (χ3n) is 5.49. The maximum Gasteiger partial charge on any atom is 0.257 e. The average Bonchev–Trinajstić information content (AvgIpc) is 2.91. The van der Waals surface area contributed by atoms with Crippen LogP contribution in [0.4, 0.5) is 11.5 Å². The Hall–Kier alpha value is -4.72. The van der Waals surface area contributed by atoms with Crippen LogP contribution in [0.15, 0.2) is 86.0 Å². The minimum atomic E-state index is -0.266. The van der Waals surface area contributed by atoms with Gasteiger partial charge in [0.2, 0.25) is 0 Å². The second kappa shape index (κ2) is 11.1. The lowest BCUT2D eigenvalue weighted by molar-refractivity contribution is 0.102. The normalized spacial score (nSPS) is 11.3. The fourth-order valence-electron chi connectivity index (χ4n) is 3.70. The summed E-state index contributed by atoms with van der Waals surface area (Å²) in [7, 11) is 3.19. The zero-order valence-corrected chi connectivity index (χ0v) is 20.4. The molecule has 2 aromatic heterocycles. The molecule has 0 fully saturated rings. The van der Waals surface area contributed by atoms with Crippen molar-refractivity contribution in [1.82, 2.24) is 15.0 Å². The summed E-state index contributed by atoms with van der Waals surface area (Å²) in [4.78, 5) is 25.8. The number of nitrogens with one attached hydrogen (secondary N) is 2. The Morgan fingerprint density at radius 3 is 2.53 bits per heavy atom. The van der Waals surface area contributed by atoms with Crippen LogP contribution in [0.5, 0.6) is 11.5 Å². The quantitative estimate of drug-likeness (QED) is 0.307. The Balaban J connectivity index is 1.53. The molecule has 0 unspecified atom stereocenters. The molecule has 0 aliphatic heterocycles. The van der Waals surface area contributed by atoms with Crippen LogP contribution in [0.3, 0.4) is 0 Å². The lowest BCUT2D eigenvalue weighted by Gasteiger charge is -2.17. The lowest BCUT2D eigenvalue weighted by Crippen LogP contribution is -2.14. The van der Waals surface area contributed by atoms with Crippen LogP contribution in [-0.2, 0) is 0 Å². The molecular weight excluding hydrogens is 454 g/mol. The van der Waals surface area contributed by atoms with Gasteiger partial charge < -0.3 is 20.1 Å². The first-order chi connectivity index (χ1) is 17.5. The van der Waals surface area contributed by atoms with Crippen LogP contribution in [0.1, 0.15) is 27.5 Å². The number of benzene rings is 2. The molecule has 182 valence electrons. The molecule has 4 rings (SSSR count). The van der Waals surface area contributed by atoms with Crippen molar-refractivity contribution in [1.29, 1.82) is 0 Å². The standard InChI is InChI=1S/C28H27N5O3/c1-5-23(19-7-6-8-22(12-19)31-28(34)21-11-18(2)14-29-15-21)32-27-17-30-16-24(33-27)20-9-10-25(35-3)26(13-20)36-4/h5-17,23H,1H2,2-4H3,(H,31,34)(H,32,33)/t23-/m0/s1. The van der Waals surface area contributed by atoms with Crippen molar-refractivity contribution in [3.05, 3.63) is 103 Å². The molecule has 1 atom stereocenters. The summed E-state index contributed by atoms with van der Waals surface area (Å²) >= 11 is 0. The van der Waals surface area contributed by atoms with E-state index >= 15 is 0 Å². The van der Waals surface area contributed by atoms with E-state index in [4.69, 9.17) is 14.5 Å². The number of nitrogens with zero attached hydrogens (tertiary/aromatic N) is 3. The number of anilines is 2. The minimum Gasteiger partial charge on any atom is -0.493 e. The number of pyridine rings is 1. The van der Waals surface area contributed by atoms with Gasteiger partial charge in [0.05, 0.1) is 43.9 Å². The van der Waals surface area contributed by atoms with Crippen LogP contribution in [0.25, 0.3) is 11.3 Å². The van der Waals surface area contributed by atoms with Crippen LogP contribution >= 0.6 is 0 Å². The van der Waals surface area contributed by atoms with Gasteiger partial charge in [0, 0.05) is 23.6 Å². The molecule has 0 saturated heterocycles. The average molecular weight is 482 g/mol. The van der Waals surface area contributed by atoms with Gasteiger partial charge in [-0.25, -0.2) is 4.98 Å². The monoisotopic (exact) mass is 481 g/mol. The van der Waals surface area contributed by atoms with Gasteiger partial charge in [0.15, 0.2) is 11.5 Å². The molecule has 4 aromatic rings. The van der Waals surface area contributed by atoms with Crippen molar-refractivity contribution in [3.63, 3.8) is 0 Å². The van der Waals surface area contributed by atoms with Gasteiger partial charge in [-0.2, -0.15) is 0 Å². The molecule has 0 aliphatic carbocycles. The largest absolute Gasteiger partial charge is 0.493 e. The van der Waals surface area contributed by atoms with Gasteiger partial charge in [-0.05, 0) is 54.4 Å². The van der Waals surface area contributed by atoms with Crippen LogP contribution in [0, 0.1) is 6.92 Å². The Kier molecular flexibility index (Phi) is 7.55. The zero-order chi connectivity index (χ0) is 25.5. The number of methoxy groups -OCH3 is 2. The van der Waals surface area contributed by atoms with Gasteiger partial charge in [0.1, 0.15) is 5.82 Å². The van der Waals surface area contributed by atoms with Crippen LogP contribution in [0.2, 0.25) is 0 Å². The van der Waals surface area contributed by atoms with Gasteiger partial charge in [0.25, 0.3) is 5.91 Å². The number of hydrogen-bond donors (Lipinski definition) is 2. The maximum atomic E-state index is 12.6.